The third-order valence-electron chi connectivity index (χ3n) is 4.96. The van der Waals surface area contributed by atoms with Crippen molar-refractivity contribution in [2.45, 2.75) is 19.6 Å². The Hall–Kier alpha value is -3.85. The van der Waals surface area contributed by atoms with Crippen molar-refractivity contribution in [3.05, 3.63) is 76.7 Å². The summed E-state index contributed by atoms with van der Waals surface area (Å²) in [7, 11) is 3.13. The minimum Gasteiger partial charge on any atom is -0.497 e. The van der Waals surface area contributed by atoms with E-state index in [1.54, 1.807) is 39.6 Å². The smallest absolute Gasteiger partial charge is 0.351 e. The van der Waals surface area contributed by atoms with Crippen LogP contribution in [0.15, 0.2) is 59.7 Å². The van der Waals surface area contributed by atoms with E-state index in [1.165, 1.54) is 9.25 Å². The number of aromatic amines is 1. The molecular formula is C22H23N5O4. The average molecular weight is 421 g/mol. The Morgan fingerprint density at radius 2 is 1.74 bits per heavy atom. The number of hydrogen-bond donors (Lipinski definition) is 2. The van der Waals surface area contributed by atoms with Crippen molar-refractivity contribution < 1.29 is 14.6 Å². The minimum atomic E-state index is -0.924. The van der Waals surface area contributed by atoms with Crippen LogP contribution in [0.1, 0.15) is 24.4 Å². The topological polar surface area (TPSA) is 107 Å². The van der Waals surface area contributed by atoms with Crippen molar-refractivity contribution in [1.82, 2.24) is 24.5 Å². The molecule has 0 saturated heterocycles. The van der Waals surface area contributed by atoms with E-state index >= 15 is 0 Å². The lowest BCUT2D eigenvalue weighted by atomic mass is 10.1. The van der Waals surface area contributed by atoms with Crippen LogP contribution in [0.4, 0.5) is 0 Å². The van der Waals surface area contributed by atoms with Crippen LogP contribution in [-0.4, -0.2) is 43.9 Å². The number of H-pyrrole nitrogens is 1. The number of rotatable bonds is 7. The number of methoxy groups -OCH3 is 2. The molecule has 4 rings (SSSR count). The molecule has 1 unspecified atom stereocenters. The summed E-state index contributed by atoms with van der Waals surface area (Å²) in [6, 6.07) is 12.8. The van der Waals surface area contributed by atoms with Crippen molar-refractivity contribution in [1.29, 1.82) is 0 Å². The van der Waals surface area contributed by atoms with Gasteiger partial charge in [-0.25, -0.2) is 4.79 Å². The molecule has 0 amide bonds. The fraction of sp³-hybridized carbons (Fsp3) is 0.227. The first-order valence-corrected chi connectivity index (χ1v) is 9.69. The highest BCUT2D eigenvalue weighted by Crippen LogP contribution is 2.24. The second-order valence-corrected chi connectivity index (χ2v) is 7.07. The Kier molecular flexibility index (Phi) is 5.59. The van der Waals surface area contributed by atoms with Gasteiger partial charge < -0.3 is 14.6 Å². The molecule has 9 heteroatoms. The van der Waals surface area contributed by atoms with Crippen LogP contribution in [-0.2, 0) is 6.54 Å². The summed E-state index contributed by atoms with van der Waals surface area (Å²) in [6.07, 6.45) is 2.60. The fourth-order valence-corrected chi connectivity index (χ4v) is 3.38. The molecule has 0 aliphatic carbocycles. The molecule has 2 N–H and O–H groups in total. The molecule has 0 saturated carbocycles. The maximum absolute atomic E-state index is 13.2. The number of aliphatic hydroxyl groups excluding tert-OH is 1. The van der Waals surface area contributed by atoms with E-state index in [-0.39, 0.29) is 18.1 Å². The summed E-state index contributed by atoms with van der Waals surface area (Å²) in [4.78, 5) is 13.2. The third-order valence-corrected chi connectivity index (χ3v) is 4.96. The van der Waals surface area contributed by atoms with Crippen LogP contribution in [0.3, 0.4) is 0 Å². The van der Waals surface area contributed by atoms with Gasteiger partial charge in [-0.15, -0.1) is 5.10 Å². The quantitative estimate of drug-likeness (QED) is 0.475. The molecule has 0 radical (unpaired) electrons. The summed E-state index contributed by atoms with van der Waals surface area (Å²) < 4.78 is 13.4. The van der Waals surface area contributed by atoms with Gasteiger partial charge in [0.15, 0.2) is 5.82 Å². The molecule has 31 heavy (non-hydrogen) atoms. The van der Waals surface area contributed by atoms with E-state index in [0.717, 1.165) is 16.7 Å². The minimum absolute atomic E-state index is 0.208. The van der Waals surface area contributed by atoms with E-state index < -0.39 is 6.10 Å². The number of aliphatic hydroxyl groups is 1. The van der Waals surface area contributed by atoms with Crippen molar-refractivity contribution in [3.63, 3.8) is 0 Å². The number of hydrogen-bond acceptors (Lipinski definition) is 6. The molecule has 2 aromatic carbocycles. The van der Waals surface area contributed by atoms with Gasteiger partial charge in [0.1, 0.15) is 17.6 Å². The summed E-state index contributed by atoms with van der Waals surface area (Å²) in [5, 5.41) is 21.4. The lowest BCUT2D eigenvalue weighted by Crippen LogP contribution is -2.25. The standard InChI is InChI=1S/C22H23N5O4/c1-14(28)21-25-27(18-6-4-16(5-7-18)17-11-23-24-12-17)22(29)26(21)13-15-8-19(30-2)10-20(9-15)31-3/h4-12,14,28H,13H2,1-3H3,(H,23,24). The molecule has 1 atom stereocenters. The Morgan fingerprint density at radius 3 is 2.29 bits per heavy atom. The number of benzene rings is 2. The first kappa shape index (κ1) is 20.4. The second kappa shape index (κ2) is 8.49. The monoisotopic (exact) mass is 421 g/mol. The maximum atomic E-state index is 13.2. The molecule has 2 aromatic heterocycles. The normalized spacial score (nSPS) is 12.0. The molecule has 0 aliphatic heterocycles. The second-order valence-electron chi connectivity index (χ2n) is 7.07. The number of nitrogens with one attached hydrogen (secondary N) is 1. The highest BCUT2D eigenvalue weighted by Gasteiger charge is 2.19. The van der Waals surface area contributed by atoms with Gasteiger partial charge in [-0.05, 0) is 42.3 Å². The molecule has 2 heterocycles. The Labute approximate surface area is 178 Å². The van der Waals surface area contributed by atoms with E-state index in [2.05, 4.69) is 15.3 Å². The summed E-state index contributed by atoms with van der Waals surface area (Å²) in [6.45, 7) is 1.79. The lowest BCUT2D eigenvalue weighted by Gasteiger charge is -2.10. The summed E-state index contributed by atoms with van der Waals surface area (Å²) in [5.74, 6) is 1.50. The van der Waals surface area contributed by atoms with Crippen LogP contribution < -0.4 is 15.2 Å². The van der Waals surface area contributed by atoms with Crippen molar-refractivity contribution >= 4 is 0 Å². The van der Waals surface area contributed by atoms with Crippen LogP contribution in [0.2, 0.25) is 0 Å². The number of aromatic nitrogens is 5. The molecule has 0 aliphatic rings. The largest absolute Gasteiger partial charge is 0.497 e. The number of nitrogens with zero attached hydrogens (tertiary/aromatic N) is 4. The van der Waals surface area contributed by atoms with Crippen LogP contribution in [0.5, 0.6) is 11.5 Å². The van der Waals surface area contributed by atoms with E-state index in [1.807, 2.05) is 36.4 Å². The van der Waals surface area contributed by atoms with E-state index in [0.29, 0.717) is 17.2 Å². The molecule has 160 valence electrons. The zero-order valence-corrected chi connectivity index (χ0v) is 17.4. The summed E-state index contributed by atoms with van der Waals surface area (Å²) >= 11 is 0. The predicted molar refractivity (Wildman–Crippen MR) is 115 cm³/mol. The van der Waals surface area contributed by atoms with Gasteiger partial charge in [-0.1, -0.05) is 12.1 Å². The van der Waals surface area contributed by atoms with Gasteiger partial charge in [0.05, 0.1) is 32.6 Å². The molecule has 0 spiro atoms. The molecule has 0 bridgehead atoms. The Balaban J connectivity index is 1.73. The first-order valence-electron chi connectivity index (χ1n) is 9.69. The highest BCUT2D eigenvalue weighted by atomic mass is 16.5. The molecule has 4 aromatic rings. The van der Waals surface area contributed by atoms with E-state index in [9.17, 15) is 9.90 Å². The van der Waals surface area contributed by atoms with Crippen molar-refractivity contribution in [3.8, 4) is 28.3 Å². The molecule has 0 fully saturated rings. The maximum Gasteiger partial charge on any atom is 0.351 e. The Bertz CT molecular complexity index is 1200. The molecular weight excluding hydrogens is 398 g/mol. The van der Waals surface area contributed by atoms with Gasteiger partial charge in [0.25, 0.3) is 0 Å². The highest BCUT2D eigenvalue weighted by molar-refractivity contribution is 5.62. The van der Waals surface area contributed by atoms with E-state index in [4.69, 9.17) is 9.47 Å². The van der Waals surface area contributed by atoms with Crippen LogP contribution in [0, 0.1) is 0 Å². The zero-order valence-electron chi connectivity index (χ0n) is 17.4. The van der Waals surface area contributed by atoms with Crippen molar-refractivity contribution in [2.75, 3.05) is 14.2 Å². The predicted octanol–water partition coefficient (Wildman–Crippen LogP) is 2.54. The number of ether oxygens (including phenoxy) is 2. The van der Waals surface area contributed by atoms with Gasteiger partial charge in [0, 0.05) is 17.8 Å². The lowest BCUT2D eigenvalue weighted by molar-refractivity contribution is 0.183. The summed E-state index contributed by atoms with van der Waals surface area (Å²) in [5.41, 5.74) is 2.94. The van der Waals surface area contributed by atoms with Crippen LogP contribution >= 0.6 is 0 Å². The van der Waals surface area contributed by atoms with Crippen LogP contribution in [0.25, 0.3) is 16.8 Å². The van der Waals surface area contributed by atoms with Gasteiger partial charge in [-0.2, -0.15) is 9.78 Å². The molecule has 9 nitrogen and oxygen atoms in total. The van der Waals surface area contributed by atoms with Gasteiger partial charge in [-0.3, -0.25) is 9.67 Å². The van der Waals surface area contributed by atoms with Crippen molar-refractivity contribution in [2.24, 2.45) is 0 Å². The fourth-order valence-electron chi connectivity index (χ4n) is 3.38. The average Bonchev–Trinajstić information content (AvgIpc) is 3.43. The first-order chi connectivity index (χ1) is 15.0. The third kappa shape index (κ3) is 4.08. The van der Waals surface area contributed by atoms with Gasteiger partial charge >= 0.3 is 5.69 Å². The van der Waals surface area contributed by atoms with Gasteiger partial charge in [0.2, 0.25) is 0 Å². The Morgan fingerprint density at radius 1 is 1.06 bits per heavy atom. The SMILES string of the molecule is COc1cc(Cn2c(C(C)O)nn(-c3ccc(-c4cn[nH]c4)cc3)c2=O)cc(OC)c1. The zero-order chi connectivity index (χ0) is 22.0.